The van der Waals surface area contributed by atoms with Gasteiger partial charge in [0, 0.05) is 6.04 Å². The Bertz CT molecular complexity index is 672. The third kappa shape index (κ3) is 3.45. The lowest BCUT2D eigenvalue weighted by atomic mass is 9.74. The number of nitriles is 1. The highest BCUT2D eigenvalue weighted by Crippen LogP contribution is 2.36. The number of benzene rings is 1. The van der Waals surface area contributed by atoms with E-state index in [0.29, 0.717) is 11.1 Å². The van der Waals surface area contributed by atoms with Gasteiger partial charge in [0.05, 0.1) is 16.5 Å². The van der Waals surface area contributed by atoms with Crippen LogP contribution < -0.4 is 4.72 Å². The molecular formula is C16H22N2O2S. The van der Waals surface area contributed by atoms with Crippen molar-refractivity contribution in [3.63, 3.8) is 0 Å². The second-order valence-electron chi connectivity index (χ2n) is 6.50. The molecule has 0 aromatic heterocycles. The van der Waals surface area contributed by atoms with Gasteiger partial charge in [0.2, 0.25) is 10.0 Å². The van der Waals surface area contributed by atoms with Gasteiger partial charge in [-0.2, -0.15) is 5.26 Å². The van der Waals surface area contributed by atoms with Crippen molar-refractivity contribution in [2.24, 2.45) is 5.41 Å². The molecule has 1 aliphatic carbocycles. The second-order valence-corrected chi connectivity index (χ2v) is 8.21. The van der Waals surface area contributed by atoms with E-state index in [1.807, 2.05) is 0 Å². The lowest BCUT2D eigenvalue weighted by molar-refractivity contribution is 0.188. The minimum atomic E-state index is -3.54. The van der Waals surface area contributed by atoms with Crippen LogP contribution in [-0.4, -0.2) is 14.5 Å². The van der Waals surface area contributed by atoms with Crippen molar-refractivity contribution >= 4 is 10.0 Å². The molecule has 0 bridgehead atoms. The van der Waals surface area contributed by atoms with Crippen molar-refractivity contribution in [3.05, 3.63) is 29.3 Å². The molecule has 1 fully saturated rings. The Labute approximate surface area is 127 Å². The number of hydrogen-bond donors (Lipinski definition) is 1. The molecule has 0 aliphatic heterocycles. The molecule has 1 unspecified atom stereocenters. The van der Waals surface area contributed by atoms with Crippen molar-refractivity contribution in [2.45, 2.75) is 57.4 Å². The molecule has 1 aliphatic rings. The number of sulfonamides is 1. The fraction of sp³-hybridized carbons (Fsp3) is 0.562. The third-order valence-electron chi connectivity index (χ3n) is 4.43. The van der Waals surface area contributed by atoms with Crippen molar-refractivity contribution in [3.8, 4) is 6.07 Å². The summed E-state index contributed by atoms with van der Waals surface area (Å²) < 4.78 is 27.9. The Morgan fingerprint density at radius 1 is 1.33 bits per heavy atom. The van der Waals surface area contributed by atoms with Gasteiger partial charge >= 0.3 is 0 Å². The summed E-state index contributed by atoms with van der Waals surface area (Å²) in [4.78, 5) is 0.236. The number of nitrogens with one attached hydrogen (secondary N) is 1. The molecule has 1 aromatic carbocycles. The minimum absolute atomic E-state index is 0.0209. The fourth-order valence-electron chi connectivity index (χ4n) is 2.90. The van der Waals surface area contributed by atoms with E-state index in [2.05, 4.69) is 24.6 Å². The van der Waals surface area contributed by atoms with Crippen LogP contribution in [-0.2, 0) is 10.0 Å². The molecule has 4 nitrogen and oxygen atoms in total. The number of aryl methyl sites for hydroxylation is 1. The average molecular weight is 306 g/mol. The van der Waals surface area contributed by atoms with Gasteiger partial charge in [0.1, 0.15) is 0 Å². The Morgan fingerprint density at radius 3 is 2.62 bits per heavy atom. The Balaban J connectivity index is 2.26. The topological polar surface area (TPSA) is 70.0 Å². The van der Waals surface area contributed by atoms with E-state index in [-0.39, 0.29) is 16.4 Å². The number of hydrogen-bond acceptors (Lipinski definition) is 3. The SMILES string of the molecule is Cc1cc(S(=O)(=O)NC2CCCCC2(C)C)ccc1C#N. The molecule has 21 heavy (non-hydrogen) atoms. The maximum Gasteiger partial charge on any atom is 0.240 e. The van der Waals surface area contributed by atoms with E-state index in [0.717, 1.165) is 25.7 Å². The van der Waals surface area contributed by atoms with Gasteiger partial charge in [0.25, 0.3) is 0 Å². The zero-order valence-electron chi connectivity index (χ0n) is 12.8. The molecule has 1 aromatic rings. The van der Waals surface area contributed by atoms with Gasteiger partial charge < -0.3 is 0 Å². The molecule has 0 radical (unpaired) electrons. The molecule has 114 valence electrons. The summed E-state index contributed by atoms with van der Waals surface area (Å²) >= 11 is 0. The summed E-state index contributed by atoms with van der Waals surface area (Å²) in [5.41, 5.74) is 1.17. The van der Waals surface area contributed by atoms with Gasteiger partial charge in [0.15, 0.2) is 0 Å². The van der Waals surface area contributed by atoms with Crippen LogP contribution in [0.1, 0.15) is 50.7 Å². The molecule has 0 spiro atoms. The summed E-state index contributed by atoms with van der Waals surface area (Å²) in [5.74, 6) is 0. The molecule has 0 saturated heterocycles. The normalized spacial score (nSPS) is 21.7. The summed E-state index contributed by atoms with van der Waals surface area (Å²) in [6.07, 6.45) is 4.12. The highest BCUT2D eigenvalue weighted by molar-refractivity contribution is 7.89. The maximum absolute atomic E-state index is 12.5. The predicted molar refractivity (Wildman–Crippen MR) is 82.3 cm³/mol. The van der Waals surface area contributed by atoms with Gasteiger partial charge in [-0.05, 0) is 48.9 Å². The van der Waals surface area contributed by atoms with Crippen LogP contribution in [0.2, 0.25) is 0 Å². The Morgan fingerprint density at radius 2 is 2.05 bits per heavy atom. The summed E-state index contributed by atoms with van der Waals surface area (Å²) in [7, 11) is -3.54. The highest BCUT2D eigenvalue weighted by atomic mass is 32.2. The first-order chi connectivity index (χ1) is 9.76. The van der Waals surface area contributed by atoms with Crippen LogP contribution in [0.3, 0.4) is 0 Å². The highest BCUT2D eigenvalue weighted by Gasteiger charge is 2.35. The molecule has 1 saturated carbocycles. The Kier molecular flexibility index (Phi) is 4.40. The summed E-state index contributed by atoms with van der Waals surface area (Å²) in [6, 6.07) is 6.65. The predicted octanol–water partition coefficient (Wildman–Crippen LogP) is 3.11. The van der Waals surface area contributed by atoms with Crippen LogP contribution in [0, 0.1) is 23.7 Å². The van der Waals surface area contributed by atoms with Gasteiger partial charge in [-0.3, -0.25) is 0 Å². The van der Waals surface area contributed by atoms with E-state index >= 15 is 0 Å². The average Bonchev–Trinajstić information content (AvgIpc) is 2.41. The number of nitrogens with zero attached hydrogens (tertiary/aromatic N) is 1. The van der Waals surface area contributed by atoms with E-state index in [1.165, 1.54) is 6.07 Å². The zero-order valence-corrected chi connectivity index (χ0v) is 13.6. The molecule has 0 heterocycles. The van der Waals surface area contributed by atoms with Crippen LogP contribution in [0.5, 0.6) is 0 Å². The zero-order chi connectivity index (χ0) is 15.7. The smallest absolute Gasteiger partial charge is 0.208 e. The first kappa shape index (κ1) is 16.0. The van der Waals surface area contributed by atoms with Crippen molar-refractivity contribution in [1.29, 1.82) is 5.26 Å². The van der Waals surface area contributed by atoms with Crippen molar-refractivity contribution < 1.29 is 8.42 Å². The Hall–Kier alpha value is -1.38. The molecular weight excluding hydrogens is 284 g/mol. The first-order valence-corrected chi connectivity index (χ1v) is 8.78. The molecule has 1 N–H and O–H groups in total. The third-order valence-corrected chi connectivity index (χ3v) is 5.90. The van der Waals surface area contributed by atoms with E-state index in [9.17, 15) is 8.42 Å². The van der Waals surface area contributed by atoms with E-state index in [1.54, 1.807) is 19.1 Å². The molecule has 1 atom stereocenters. The van der Waals surface area contributed by atoms with Crippen molar-refractivity contribution in [1.82, 2.24) is 4.72 Å². The van der Waals surface area contributed by atoms with Crippen LogP contribution in [0.4, 0.5) is 0 Å². The van der Waals surface area contributed by atoms with Gasteiger partial charge in [-0.1, -0.05) is 26.7 Å². The first-order valence-electron chi connectivity index (χ1n) is 7.29. The number of rotatable bonds is 3. The molecule has 0 amide bonds. The quantitative estimate of drug-likeness (QED) is 0.932. The van der Waals surface area contributed by atoms with E-state index < -0.39 is 10.0 Å². The lowest BCUT2D eigenvalue weighted by Gasteiger charge is -2.38. The van der Waals surface area contributed by atoms with Gasteiger partial charge in [-0.15, -0.1) is 0 Å². The fourth-order valence-corrected chi connectivity index (χ4v) is 4.42. The molecule has 5 heteroatoms. The lowest BCUT2D eigenvalue weighted by Crippen LogP contribution is -2.46. The standard InChI is InChI=1S/C16H22N2O2S/c1-12-10-14(8-7-13(12)11-17)21(19,20)18-15-6-4-5-9-16(15,2)3/h7-8,10,15,18H,4-6,9H2,1-3H3. The van der Waals surface area contributed by atoms with Crippen LogP contribution in [0.15, 0.2) is 23.1 Å². The maximum atomic E-state index is 12.5. The monoisotopic (exact) mass is 306 g/mol. The minimum Gasteiger partial charge on any atom is -0.208 e. The van der Waals surface area contributed by atoms with Gasteiger partial charge in [-0.25, -0.2) is 13.1 Å². The second kappa shape index (κ2) is 5.78. The summed E-state index contributed by atoms with van der Waals surface area (Å²) in [5, 5.41) is 8.93. The largest absolute Gasteiger partial charge is 0.240 e. The van der Waals surface area contributed by atoms with Crippen molar-refractivity contribution in [2.75, 3.05) is 0 Å². The van der Waals surface area contributed by atoms with Crippen LogP contribution in [0.25, 0.3) is 0 Å². The molecule has 2 rings (SSSR count). The van der Waals surface area contributed by atoms with E-state index in [4.69, 9.17) is 5.26 Å². The summed E-state index contributed by atoms with van der Waals surface area (Å²) in [6.45, 7) is 5.98. The van der Waals surface area contributed by atoms with Crippen LogP contribution >= 0.6 is 0 Å².